The van der Waals surface area contributed by atoms with Gasteiger partial charge in [0, 0.05) is 17.3 Å². The zero-order valence-electron chi connectivity index (χ0n) is 19.2. The maximum atomic E-state index is 12.6. The van der Waals surface area contributed by atoms with E-state index in [0.29, 0.717) is 30.0 Å². The minimum Gasteiger partial charge on any atom is -0.481 e. The molecule has 2 unspecified atom stereocenters. The van der Waals surface area contributed by atoms with Gasteiger partial charge in [-0.25, -0.2) is 0 Å². The van der Waals surface area contributed by atoms with Gasteiger partial charge in [-0.2, -0.15) is 0 Å². The number of nitrogens with one attached hydrogen (secondary N) is 2. The van der Waals surface area contributed by atoms with E-state index in [4.69, 9.17) is 4.74 Å². The molecule has 0 aromatic heterocycles. The van der Waals surface area contributed by atoms with E-state index in [1.54, 1.807) is 48.5 Å². The summed E-state index contributed by atoms with van der Waals surface area (Å²) in [6.07, 6.45) is 4.47. The average Bonchev–Trinajstić information content (AvgIpc) is 2.82. The normalized spacial score (nSPS) is 17.9. The van der Waals surface area contributed by atoms with Crippen LogP contribution >= 0.6 is 0 Å². The first kappa shape index (κ1) is 24.3. The predicted octanol–water partition coefficient (Wildman–Crippen LogP) is 5.68. The molecule has 33 heavy (non-hydrogen) atoms. The van der Waals surface area contributed by atoms with Crippen molar-refractivity contribution in [2.45, 2.75) is 52.4 Å². The Labute approximate surface area is 194 Å². The first-order valence-corrected chi connectivity index (χ1v) is 11.6. The molecule has 0 radical (unpaired) electrons. The van der Waals surface area contributed by atoms with Crippen LogP contribution in [0.3, 0.4) is 0 Å². The van der Waals surface area contributed by atoms with Gasteiger partial charge in [-0.3, -0.25) is 14.4 Å². The third kappa shape index (κ3) is 6.57. The zero-order valence-corrected chi connectivity index (χ0v) is 19.2. The van der Waals surface area contributed by atoms with E-state index >= 15 is 0 Å². The Morgan fingerprint density at radius 3 is 1.82 bits per heavy atom. The number of carboxylic acid groups (broad SMARTS) is 1. The Bertz CT molecular complexity index is 952. The second kappa shape index (κ2) is 11.5. The van der Waals surface area contributed by atoms with Crippen molar-refractivity contribution in [3.05, 3.63) is 48.5 Å². The van der Waals surface area contributed by atoms with Gasteiger partial charge in [0.2, 0.25) is 11.8 Å². The lowest BCUT2D eigenvalue weighted by Crippen LogP contribution is -2.36. The number of hydrogen-bond acceptors (Lipinski definition) is 4. The molecule has 0 saturated heterocycles. The van der Waals surface area contributed by atoms with Crippen molar-refractivity contribution in [3.63, 3.8) is 0 Å². The van der Waals surface area contributed by atoms with Crippen LogP contribution < -0.4 is 15.4 Å². The predicted molar refractivity (Wildman–Crippen MR) is 127 cm³/mol. The van der Waals surface area contributed by atoms with Crippen LogP contribution in [-0.4, -0.2) is 22.9 Å². The van der Waals surface area contributed by atoms with Crippen LogP contribution in [0.5, 0.6) is 11.5 Å². The Morgan fingerprint density at radius 1 is 0.848 bits per heavy atom. The number of anilines is 2. The molecular formula is C26H32N2O5. The highest BCUT2D eigenvalue weighted by Gasteiger charge is 2.35. The molecule has 1 aliphatic carbocycles. The van der Waals surface area contributed by atoms with Gasteiger partial charge in [0.25, 0.3) is 0 Å². The summed E-state index contributed by atoms with van der Waals surface area (Å²) in [5.41, 5.74) is 1.32. The number of amides is 2. The molecule has 0 heterocycles. The van der Waals surface area contributed by atoms with Crippen LogP contribution in [-0.2, 0) is 14.4 Å². The lowest BCUT2D eigenvalue weighted by molar-refractivity contribution is -0.147. The fraction of sp³-hybridized carbons (Fsp3) is 0.423. The standard InChI is InChI=1S/C26H32N2O5/c1-3-17(4-2)24(29)27-18-9-13-20(14-10-18)33-21-15-11-19(12-16-21)28-25(30)22-7-5-6-8-23(22)26(31)32/h9-17,22-23H,3-8H2,1-2H3,(H,27,29)(H,28,30)(H,31,32). The van der Waals surface area contributed by atoms with Crippen LogP contribution in [0.2, 0.25) is 0 Å². The average molecular weight is 453 g/mol. The third-order valence-electron chi connectivity index (χ3n) is 6.26. The molecule has 3 N–H and O–H groups in total. The molecule has 176 valence electrons. The van der Waals surface area contributed by atoms with Crippen LogP contribution in [0.4, 0.5) is 11.4 Å². The topological polar surface area (TPSA) is 105 Å². The Morgan fingerprint density at radius 2 is 1.33 bits per heavy atom. The van der Waals surface area contributed by atoms with E-state index in [-0.39, 0.29) is 17.7 Å². The molecule has 0 aliphatic heterocycles. The monoisotopic (exact) mass is 452 g/mol. The molecule has 2 aromatic carbocycles. The number of hydrogen-bond donors (Lipinski definition) is 3. The van der Waals surface area contributed by atoms with Crippen LogP contribution in [0.15, 0.2) is 48.5 Å². The van der Waals surface area contributed by atoms with E-state index in [2.05, 4.69) is 10.6 Å². The van der Waals surface area contributed by atoms with E-state index in [1.807, 2.05) is 13.8 Å². The van der Waals surface area contributed by atoms with Gasteiger partial charge < -0.3 is 20.5 Å². The van der Waals surface area contributed by atoms with Gasteiger partial charge in [-0.05, 0) is 74.2 Å². The molecule has 1 aliphatic rings. The van der Waals surface area contributed by atoms with E-state index in [1.165, 1.54) is 0 Å². The van der Waals surface area contributed by atoms with Crippen LogP contribution in [0, 0.1) is 17.8 Å². The molecule has 0 bridgehead atoms. The molecule has 1 fully saturated rings. The van der Waals surface area contributed by atoms with Crippen molar-refractivity contribution in [1.29, 1.82) is 0 Å². The number of carbonyl (C=O) groups is 3. The minimum absolute atomic E-state index is 0.00746. The number of benzene rings is 2. The third-order valence-corrected chi connectivity index (χ3v) is 6.26. The van der Waals surface area contributed by atoms with E-state index in [0.717, 1.165) is 31.4 Å². The zero-order chi connectivity index (χ0) is 23.8. The minimum atomic E-state index is -0.903. The van der Waals surface area contributed by atoms with Crippen molar-refractivity contribution in [1.82, 2.24) is 0 Å². The number of carbonyl (C=O) groups excluding carboxylic acids is 2. The molecule has 2 aromatic rings. The lowest BCUT2D eigenvalue weighted by Gasteiger charge is -2.27. The Kier molecular flexibility index (Phi) is 8.46. The van der Waals surface area contributed by atoms with Gasteiger partial charge >= 0.3 is 5.97 Å². The Hall–Kier alpha value is -3.35. The summed E-state index contributed by atoms with van der Waals surface area (Å²) in [4.78, 5) is 36.3. The lowest BCUT2D eigenvalue weighted by atomic mass is 9.78. The Balaban J connectivity index is 1.55. The van der Waals surface area contributed by atoms with Crippen molar-refractivity contribution in [2.75, 3.05) is 10.6 Å². The summed E-state index contributed by atoms with van der Waals surface area (Å²) in [7, 11) is 0. The molecule has 7 nitrogen and oxygen atoms in total. The number of carboxylic acids is 1. The van der Waals surface area contributed by atoms with Gasteiger partial charge in [-0.15, -0.1) is 0 Å². The fourth-order valence-electron chi connectivity index (χ4n) is 4.23. The van der Waals surface area contributed by atoms with Crippen LogP contribution in [0.25, 0.3) is 0 Å². The molecule has 3 rings (SSSR count). The van der Waals surface area contributed by atoms with Gasteiger partial charge in [-0.1, -0.05) is 26.7 Å². The summed E-state index contributed by atoms with van der Waals surface area (Å²) in [6, 6.07) is 14.1. The maximum absolute atomic E-state index is 12.6. The van der Waals surface area contributed by atoms with Crippen molar-refractivity contribution >= 4 is 29.2 Å². The molecule has 0 spiro atoms. The highest BCUT2D eigenvalue weighted by molar-refractivity contribution is 5.95. The van der Waals surface area contributed by atoms with E-state index < -0.39 is 17.8 Å². The molecule has 1 saturated carbocycles. The summed E-state index contributed by atoms with van der Waals surface area (Å²) in [6.45, 7) is 4.01. The van der Waals surface area contributed by atoms with Crippen LogP contribution in [0.1, 0.15) is 52.4 Å². The van der Waals surface area contributed by atoms with Crippen molar-refractivity contribution < 1.29 is 24.2 Å². The highest BCUT2D eigenvalue weighted by Crippen LogP contribution is 2.32. The van der Waals surface area contributed by atoms with E-state index in [9.17, 15) is 19.5 Å². The van der Waals surface area contributed by atoms with Crippen molar-refractivity contribution in [2.24, 2.45) is 17.8 Å². The summed E-state index contributed by atoms with van der Waals surface area (Å²) >= 11 is 0. The fourth-order valence-corrected chi connectivity index (χ4v) is 4.23. The smallest absolute Gasteiger partial charge is 0.307 e. The molecular weight excluding hydrogens is 420 g/mol. The van der Waals surface area contributed by atoms with Gasteiger partial charge in [0.1, 0.15) is 11.5 Å². The number of rotatable bonds is 9. The quantitative estimate of drug-likeness (QED) is 0.454. The number of ether oxygens (including phenoxy) is 1. The van der Waals surface area contributed by atoms with Gasteiger partial charge in [0.15, 0.2) is 0 Å². The highest BCUT2D eigenvalue weighted by atomic mass is 16.5. The summed E-state index contributed by atoms with van der Waals surface area (Å²) in [5, 5.41) is 15.1. The second-order valence-electron chi connectivity index (χ2n) is 8.48. The largest absolute Gasteiger partial charge is 0.481 e. The molecule has 2 atom stereocenters. The first-order chi connectivity index (χ1) is 15.9. The summed E-state index contributed by atoms with van der Waals surface area (Å²) < 4.78 is 5.85. The van der Waals surface area contributed by atoms with Crippen molar-refractivity contribution in [3.8, 4) is 11.5 Å². The van der Waals surface area contributed by atoms with Gasteiger partial charge in [0.05, 0.1) is 11.8 Å². The number of aliphatic carboxylic acids is 1. The maximum Gasteiger partial charge on any atom is 0.307 e. The summed E-state index contributed by atoms with van der Waals surface area (Å²) in [5.74, 6) is -1.02. The first-order valence-electron chi connectivity index (χ1n) is 11.6. The molecule has 7 heteroatoms. The molecule has 2 amide bonds. The second-order valence-corrected chi connectivity index (χ2v) is 8.48. The SMILES string of the molecule is CCC(CC)C(=O)Nc1ccc(Oc2ccc(NC(=O)C3CCCCC3C(=O)O)cc2)cc1.